The molecule has 2 rings (SSSR count). The largest absolute Gasteiger partial charge is 0.484 e. The van der Waals surface area contributed by atoms with Gasteiger partial charge in [-0.3, -0.25) is 14.4 Å². The Morgan fingerprint density at radius 2 is 1.44 bits per heavy atom. The van der Waals surface area contributed by atoms with Crippen molar-refractivity contribution >= 4 is 46.4 Å². The van der Waals surface area contributed by atoms with Crippen LogP contribution < -0.4 is 24.8 Å². The van der Waals surface area contributed by atoms with Crippen LogP contribution in [0.5, 0.6) is 17.2 Å². The van der Waals surface area contributed by atoms with E-state index in [0.717, 1.165) is 0 Å². The number of hydrogen-bond acceptors (Lipinski definition) is 8. The molecule has 0 radical (unpaired) electrons. The molecule has 0 aliphatic heterocycles. The first-order valence-corrected chi connectivity index (χ1v) is 13.4. The third-order valence-electron chi connectivity index (χ3n) is 5.69. The first-order chi connectivity index (χ1) is 18.4. The summed E-state index contributed by atoms with van der Waals surface area (Å²) in [5.41, 5.74) is -1.99. The molecule has 0 aromatic heterocycles. The third-order valence-corrected chi connectivity index (χ3v) is 6.08. The summed E-state index contributed by atoms with van der Waals surface area (Å²) in [5.74, 6) is -0.965. The summed E-state index contributed by atoms with van der Waals surface area (Å²) in [6.45, 7) is 14.1. The molecular weight excluding hydrogens is 616 g/mol. The molecule has 0 aliphatic rings. The van der Waals surface area contributed by atoms with E-state index >= 15 is 0 Å². The lowest BCUT2D eigenvalue weighted by atomic mass is 9.97. The molecule has 41 heavy (non-hydrogen) atoms. The summed E-state index contributed by atoms with van der Waals surface area (Å²) < 4.78 is 16.5. The van der Waals surface area contributed by atoms with E-state index in [1.807, 2.05) is 32.0 Å². The van der Waals surface area contributed by atoms with Crippen LogP contribution in [0.25, 0.3) is 0 Å². The van der Waals surface area contributed by atoms with Crippen molar-refractivity contribution in [2.24, 2.45) is 10.8 Å². The van der Waals surface area contributed by atoms with Crippen LogP contribution in [-0.4, -0.2) is 48.2 Å². The van der Waals surface area contributed by atoms with Gasteiger partial charge in [0, 0.05) is 24.2 Å². The lowest BCUT2D eigenvalue weighted by molar-refractivity contribution is -0.145. The van der Waals surface area contributed by atoms with Gasteiger partial charge in [-0.15, -0.1) is 17.0 Å². The number of ether oxygens (including phenoxy) is 3. The fourth-order valence-corrected chi connectivity index (χ4v) is 3.39. The molecule has 3 N–H and O–H groups in total. The van der Waals surface area contributed by atoms with Gasteiger partial charge < -0.3 is 30.0 Å². The fourth-order valence-electron chi connectivity index (χ4n) is 3.07. The number of nitrogens with one attached hydrogen (secondary N) is 2. The highest BCUT2D eigenvalue weighted by atomic mass is 79.9. The molecule has 0 saturated heterocycles. The number of rotatable bonds is 11. The maximum Gasteiger partial charge on any atom is 0.316 e. The number of benzene rings is 2. The Labute approximate surface area is 258 Å². The second-order valence-electron chi connectivity index (χ2n) is 12.2. The van der Waals surface area contributed by atoms with Gasteiger partial charge in [0.15, 0.2) is 18.1 Å². The first kappa shape index (κ1) is 36.4. The lowest BCUT2D eigenvalue weighted by Gasteiger charge is -2.29. The minimum absolute atomic E-state index is 0. The van der Waals surface area contributed by atoms with E-state index in [2.05, 4.69) is 10.6 Å². The van der Waals surface area contributed by atoms with E-state index in [1.54, 1.807) is 53.7 Å². The highest BCUT2D eigenvalue weighted by Crippen LogP contribution is 2.41. The molecule has 0 spiro atoms. The zero-order valence-electron chi connectivity index (χ0n) is 24.9. The monoisotopic (exact) mass is 656 g/mol. The van der Waals surface area contributed by atoms with Gasteiger partial charge in [0.1, 0.15) is 5.75 Å². The van der Waals surface area contributed by atoms with Gasteiger partial charge in [-0.25, -0.2) is 0 Å². The molecule has 9 nitrogen and oxygen atoms in total. The van der Waals surface area contributed by atoms with Crippen molar-refractivity contribution in [2.75, 3.05) is 19.7 Å². The Morgan fingerprint density at radius 1 is 0.878 bits per heavy atom. The molecule has 0 heterocycles. The van der Waals surface area contributed by atoms with Crippen molar-refractivity contribution in [3.63, 3.8) is 0 Å². The van der Waals surface area contributed by atoms with E-state index in [1.165, 1.54) is 12.1 Å². The predicted molar refractivity (Wildman–Crippen MR) is 164 cm³/mol. The standard InChI is InChI=1S/C30H41ClN2O7.BrH/c1-28(2,3)26(36)39-22-15-14-20(24(31)25(22)40-27(37)29(4,5)6)21(34)16-33-30(7,8)18-32-23(35)17-38-19-12-10-9-11-13-19;/h9-15,21,33-34H,16-18H2,1-8H3,(H,32,35);1H. The minimum atomic E-state index is -1.11. The highest BCUT2D eigenvalue weighted by molar-refractivity contribution is 8.93. The van der Waals surface area contributed by atoms with Gasteiger partial charge in [0.05, 0.1) is 22.0 Å². The van der Waals surface area contributed by atoms with Crippen LogP contribution in [-0.2, 0) is 14.4 Å². The second kappa shape index (κ2) is 15.0. The van der Waals surface area contributed by atoms with E-state index in [0.29, 0.717) is 5.75 Å². The Balaban J connectivity index is 0.00000840. The summed E-state index contributed by atoms with van der Waals surface area (Å²) in [6.07, 6.45) is -1.11. The number of aliphatic hydroxyl groups excluding tert-OH is 1. The van der Waals surface area contributed by atoms with Crippen molar-refractivity contribution in [3.8, 4) is 17.2 Å². The number of carbonyl (C=O) groups excluding carboxylic acids is 3. The zero-order valence-corrected chi connectivity index (χ0v) is 27.4. The number of esters is 2. The van der Waals surface area contributed by atoms with Gasteiger partial charge in [0.25, 0.3) is 5.91 Å². The molecule has 2 aromatic carbocycles. The highest BCUT2D eigenvalue weighted by Gasteiger charge is 2.31. The van der Waals surface area contributed by atoms with Crippen molar-refractivity contribution in [1.29, 1.82) is 0 Å². The lowest BCUT2D eigenvalue weighted by Crippen LogP contribution is -2.50. The van der Waals surface area contributed by atoms with Crippen molar-refractivity contribution < 1.29 is 33.7 Å². The van der Waals surface area contributed by atoms with Gasteiger partial charge in [-0.1, -0.05) is 35.9 Å². The maximum absolute atomic E-state index is 12.7. The van der Waals surface area contributed by atoms with E-state index < -0.39 is 34.4 Å². The van der Waals surface area contributed by atoms with Crippen LogP contribution >= 0.6 is 28.6 Å². The van der Waals surface area contributed by atoms with Crippen LogP contribution in [0.1, 0.15) is 67.1 Å². The van der Waals surface area contributed by atoms with Gasteiger partial charge in [-0.05, 0) is 73.6 Å². The molecule has 1 atom stereocenters. The smallest absolute Gasteiger partial charge is 0.316 e. The normalized spacial score (nSPS) is 12.5. The first-order valence-electron chi connectivity index (χ1n) is 13.1. The number of aliphatic hydroxyl groups is 1. The molecular formula is C30H42BrClN2O7. The third kappa shape index (κ3) is 11.6. The average molecular weight is 658 g/mol. The molecule has 2 aromatic rings. The van der Waals surface area contributed by atoms with Crippen LogP contribution in [0.4, 0.5) is 0 Å². The second-order valence-corrected chi connectivity index (χ2v) is 12.6. The molecule has 11 heteroatoms. The van der Waals surface area contributed by atoms with Crippen LogP contribution in [0.3, 0.4) is 0 Å². The molecule has 0 aliphatic carbocycles. The molecule has 0 saturated carbocycles. The van der Waals surface area contributed by atoms with Crippen LogP contribution in [0, 0.1) is 10.8 Å². The van der Waals surface area contributed by atoms with Crippen molar-refractivity contribution in [2.45, 2.75) is 67.0 Å². The van der Waals surface area contributed by atoms with Crippen molar-refractivity contribution in [3.05, 3.63) is 53.1 Å². The number of halogens is 2. The SMILES string of the molecule is Br.CC(C)(CNC(=O)COc1ccccc1)NCC(O)c1ccc(OC(=O)C(C)(C)C)c(OC(=O)C(C)(C)C)c1Cl. The fraction of sp³-hybridized carbons (Fsp3) is 0.500. The number of para-hydroxylation sites is 1. The summed E-state index contributed by atoms with van der Waals surface area (Å²) in [6, 6.07) is 12.0. The van der Waals surface area contributed by atoms with E-state index in [-0.39, 0.29) is 64.7 Å². The molecule has 1 amide bonds. The van der Waals surface area contributed by atoms with E-state index in [4.69, 9.17) is 25.8 Å². The Kier molecular flexibility index (Phi) is 13.3. The van der Waals surface area contributed by atoms with Gasteiger partial charge >= 0.3 is 11.9 Å². The zero-order chi connectivity index (χ0) is 30.3. The molecule has 0 bridgehead atoms. The minimum Gasteiger partial charge on any atom is -0.484 e. The number of amides is 1. The quantitative estimate of drug-likeness (QED) is 0.216. The van der Waals surface area contributed by atoms with Gasteiger partial charge in [-0.2, -0.15) is 0 Å². The maximum atomic E-state index is 12.7. The summed E-state index contributed by atoms with van der Waals surface area (Å²) in [4.78, 5) is 37.4. The Hall–Kier alpha value is -2.66. The number of carbonyl (C=O) groups is 3. The van der Waals surface area contributed by atoms with Crippen LogP contribution in [0.2, 0.25) is 5.02 Å². The van der Waals surface area contributed by atoms with Crippen LogP contribution in [0.15, 0.2) is 42.5 Å². The summed E-state index contributed by atoms with van der Waals surface area (Å²) >= 11 is 6.61. The average Bonchev–Trinajstić information content (AvgIpc) is 2.86. The number of β-amino-alcohol motifs (C(OH)–C–C–N with tert-alkyl or cyclic N) is 1. The molecule has 1 unspecified atom stereocenters. The number of hydrogen-bond donors (Lipinski definition) is 3. The Bertz CT molecular complexity index is 1190. The van der Waals surface area contributed by atoms with E-state index in [9.17, 15) is 19.5 Å². The molecule has 228 valence electrons. The molecule has 0 fully saturated rings. The summed E-state index contributed by atoms with van der Waals surface area (Å²) in [5, 5.41) is 16.9. The topological polar surface area (TPSA) is 123 Å². The summed E-state index contributed by atoms with van der Waals surface area (Å²) in [7, 11) is 0. The predicted octanol–water partition coefficient (Wildman–Crippen LogP) is 5.42. The van der Waals surface area contributed by atoms with Crippen molar-refractivity contribution in [1.82, 2.24) is 10.6 Å². The van der Waals surface area contributed by atoms with Gasteiger partial charge in [0.2, 0.25) is 0 Å². The Morgan fingerprint density at radius 3 is 2.00 bits per heavy atom.